The van der Waals surface area contributed by atoms with Gasteiger partial charge in [0, 0.05) is 33.5 Å². The Hall–Kier alpha value is -1.71. The van der Waals surface area contributed by atoms with E-state index >= 15 is 0 Å². The number of hydrogen-bond acceptors (Lipinski definition) is 9. The Labute approximate surface area is 130 Å². The molecule has 0 saturated carbocycles. The summed E-state index contributed by atoms with van der Waals surface area (Å²) in [7, 11) is 0. The highest BCUT2D eigenvalue weighted by Crippen LogP contribution is 1.96. The van der Waals surface area contributed by atoms with E-state index in [0.29, 0.717) is 26.2 Å². The topological polar surface area (TPSA) is 134 Å². The fourth-order valence-corrected chi connectivity index (χ4v) is 1.45. The zero-order valence-electron chi connectivity index (χ0n) is 13.5. The number of esters is 3. The molecule has 0 bridgehead atoms. The van der Waals surface area contributed by atoms with Crippen molar-refractivity contribution in [3.8, 4) is 0 Å². The predicted octanol–water partition coefficient (Wildman–Crippen LogP) is -0.813. The van der Waals surface area contributed by atoms with Crippen molar-refractivity contribution >= 4 is 17.9 Å². The van der Waals surface area contributed by atoms with Gasteiger partial charge in [-0.1, -0.05) is 0 Å². The molecule has 0 aliphatic heterocycles. The molecule has 9 heteroatoms. The molecule has 0 aliphatic carbocycles. The van der Waals surface area contributed by atoms with Crippen LogP contribution in [0.4, 0.5) is 0 Å². The molecule has 22 heavy (non-hydrogen) atoms. The van der Waals surface area contributed by atoms with Gasteiger partial charge < -0.3 is 14.2 Å². The zero-order chi connectivity index (χ0) is 17.4. The van der Waals surface area contributed by atoms with Gasteiger partial charge >= 0.3 is 17.9 Å². The molecule has 0 aromatic carbocycles. The smallest absolute Gasteiger partial charge is 0.307 e. The lowest BCUT2D eigenvalue weighted by Gasteiger charge is -2.21. The van der Waals surface area contributed by atoms with E-state index in [1.807, 2.05) is 4.90 Å². The third-order valence-electron chi connectivity index (χ3n) is 2.36. The van der Waals surface area contributed by atoms with Gasteiger partial charge in [-0.2, -0.15) is 0 Å². The van der Waals surface area contributed by atoms with Crippen molar-refractivity contribution in [1.29, 1.82) is 0 Å². The Morgan fingerprint density at radius 3 is 1.68 bits per heavy atom. The van der Waals surface area contributed by atoms with Crippen molar-refractivity contribution < 1.29 is 28.6 Å². The number of ether oxygens (including phenoxy) is 3. The van der Waals surface area contributed by atoms with Gasteiger partial charge in [-0.15, -0.1) is 0 Å². The van der Waals surface area contributed by atoms with E-state index in [1.165, 1.54) is 13.8 Å². The molecule has 0 rings (SSSR count). The van der Waals surface area contributed by atoms with E-state index in [9.17, 15) is 14.4 Å². The molecule has 0 atom stereocenters. The van der Waals surface area contributed by atoms with Gasteiger partial charge in [0.25, 0.3) is 0 Å². The van der Waals surface area contributed by atoms with E-state index in [-0.39, 0.29) is 37.5 Å². The van der Waals surface area contributed by atoms with Crippen molar-refractivity contribution in [1.82, 2.24) is 4.90 Å². The van der Waals surface area contributed by atoms with Crippen LogP contribution < -0.4 is 11.7 Å². The molecule has 0 aromatic heterocycles. The molecule has 4 N–H and O–H groups in total. The fourth-order valence-electron chi connectivity index (χ4n) is 1.45. The van der Waals surface area contributed by atoms with Gasteiger partial charge in [0.2, 0.25) is 0 Å². The molecular weight excluding hydrogens is 294 g/mol. The van der Waals surface area contributed by atoms with Gasteiger partial charge in [0.1, 0.15) is 13.2 Å². The maximum absolute atomic E-state index is 11.3. The number of carbonyl (C=O) groups excluding carboxylic acids is 3. The van der Waals surface area contributed by atoms with Crippen LogP contribution in [0.2, 0.25) is 0 Å². The Kier molecular flexibility index (Phi) is 16.1. The minimum absolute atomic E-state index is 0.234. The van der Waals surface area contributed by atoms with Crippen molar-refractivity contribution in [2.45, 2.75) is 27.2 Å². The van der Waals surface area contributed by atoms with E-state index in [2.05, 4.69) is 11.7 Å². The molecule has 130 valence electrons. The van der Waals surface area contributed by atoms with Crippen LogP contribution in [-0.4, -0.2) is 62.3 Å². The summed E-state index contributed by atoms with van der Waals surface area (Å²) in [5.74, 6) is 7.02. The molecule has 0 amide bonds. The van der Waals surface area contributed by atoms with Crippen LogP contribution in [0.5, 0.6) is 0 Å². The lowest BCUT2D eigenvalue weighted by Crippen LogP contribution is -2.34. The summed E-state index contributed by atoms with van der Waals surface area (Å²) in [6, 6.07) is 0. The summed E-state index contributed by atoms with van der Waals surface area (Å²) in [5, 5.41) is 0. The number of hydrazine groups is 1. The second-order valence-corrected chi connectivity index (χ2v) is 4.08. The van der Waals surface area contributed by atoms with Crippen LogP contribution in [0, 0.1) is 0 Å². The largest absolute Gasteiger partial charge is 0.466 e. The highest BCUT2D eigenvalue weighted by molar-refractivity contribution is 5.69. The third kappa shape index (κ3) is 16.3. The fraction of sp³-hybridized carbons (Fsp3) is 0.769. The Morgan fingerprint density at radius 2 is 1.32 bits per heavy atom. The molecular formula is C13H27N3O6. The predicted molar refractivity (Wildman–Crippen MR) is 79.3 cm³/mol. The molecule has 9 nitrogen and oxygen atoms in total. The highest BCUT2D eigenvalue weighted by atomic mass is 16.5. The summed E-state index contributed by atoms with van der Waals surface area (Å²) in [6.07, 6.45) is 0.244. The van der Waals surface area contributed by atoms with Crippen LogP contribution in [0.1, 0.15) is 27.2 Å². The quantitative estimate of drug-likeness (QED) is 0.229. The maximum Gasteiger partial charge on any atom is 0.307 e. The first-order valence-electron chi connectivity index (χ1n) is 6.93. The van der Waals surface area contributed by atoms with Gasteiger partial charge in [-0.3, -0.25) is 31.0 Å². The van der Waals surface area contributed by atoms with Crippen molar-refractivity contribution in [3.63, 3.8) is 0 Å². The monoisotopic (exact) mass is 321 g/mol. The molecule has 0 spiro atoms. The van der Waals surface area contributed by atoms with Crippen LogP contribution >= 0.6 is 0 Å². The molecule has 0 aliphatic rings. The summed E-state index contributed by atoms with van der Waals surface area (Å²) < 4.78 is 14.5. The number of rotatable bonds is 10. The first-order valence-corrected chi connectivity index (χ1v) is 6.93. The number of nitrogens with zero attached hydrogens (tertiary/aromatic N) is 1. The normalized spacial score (nSPS) is 9.55. The summed E-state index contributed by atoms with van der Waals surface area (Å²) in [4.78, 5) is 34.6. The number of nitrogens with two attached hydrogens (primary N) is 2. The molecule has 0 aromatic rings. The lowest BCUT2D eigenvalue weighted by atomic mass is 10.3. The highest BCUT2D eigenvalue weighted by Gasteiger charge is 2.10. The van der Waals surface area contributed by atoms with Crippen molar-refractivity contribution in [2.24, 2.45) is 11.7 Å². The first-order chi connectivity index (χ1) is 10.5. The second-order valence-electron chi connectivity index (χ2n) is 4.08. The molecule has 0 heterocycles. The standard InChI is InChI=1S/C13H23NO6.H4N2/c1-4-18-13(17)5-6-14(7-9-19-11(2)15)8-10-20-12(3)16;1-2/h4-10H2,1-3H3;1-2H2. The van der Waals surface area contributed by atoms with Crippen molar-refractivity contribution in [2.75, 3.05) is 39.5 Å². The SMILES string of the molecule is CCOC(=O)CCN(CCOC(C)=O)CCOC(C)=O.NN. The van der Waals surface area contributed by atoms with E-state index in [0.717, 1.165) is 0 Å². The van der Waals surface area contributed by atoms with Crippen LogP contribution in [0.25, 0.3) is 0 Å². The van der Waals surface area contributed by atoms with Crippen molar-refractivity contribution in [3.05, 3.63) is 0 Å². The van der Waals surface area contributed by atoms with Gasteiger partial charge in [0.05, 0.1) is 13.0 Å². The number of carbonyl (C=O) groups is 3. The Morgan fingerprint density at radius 1 is 0.864 bits per heavy atom. The van der Waals surface area contributed by atoms with E-state index < -0.39 is 0 Å². The van der Waals surface area contributed by atoms with Crippen LogP contribution in [0.3, 0.4) is 0 Å². The summed E-state index contributed by atoms with van der Waals surface area (Å²) in [6.45, 7) is 6.64. The minimum Gasteiger partial charge on any atom is -0.466 e. The summed E-state index contributed by atoms with van der Waals surface area (Å²) in [5.41, 5.74) is 0. The number of hydrogen-bond donors (Lipinski definition) is 2. The maximum atomic E-state index is 11.3. The molecule has 0 unspecified atom stereocenters. The van der Waals surface area contributed by atoms with Gasteiger partial charge in [-0.05, 0) is 6.92 Å². The lowest BCUT2D eigenvalue weighted by molar-refractivity contribution is -0.145. The Bertz CT molecular complexity index is 305. The van der Waals surface area contributed by atoms with E-state index in [1.54, 1.807) is 6.92 Å². The van der Waals surface area contributed by atoms with E-state index in [4.69, 9.17) is 14.2 Å². The average Bonchev–Trinajstić information content (AvgIpc) is 2.46. The first kappa shape index (κ1) is 22.6. The molecule has 0 fully saturated rings. The third-order valence-corrected chi connectivity index (χ3v) is 2.36. The van der Waals surface area contributed by atoms with Gasteiger partial charge in [0.15, 0.2) is 0 Å². The molecule has 0 radical (unpaired) electrons. The molecule has 0 saturated heterocycles. The zero-order valence-corrected chi connectivity index (χ0v) is 13.5. The van der Waals surface area contributed by atoms with Crippen LogP contribution in [-0.2, 0) is 28.6 Å². The average molecular weight is 321 g/mol. The summed E-state index contributed by atoms with van der Waals surface area (Å²) >= 11 is 0. The Balaban J connectivity index is 0. The second kappa shape index (κ2) is 15.7. The minimum atomic E-state index is -0.352. The van der Waals surface area contributed by atoms with Gasteiger partial charge in [-0.25, -0.2) is 0 Å². The van der Waals surface area contributed by atoms with Crippen LogP contribution in [0.15, 0.2) is 0 Å².